The number of hydrogen-bond donors (Lipinski definition) is 1. The van der Waals surface area contributed by atoms with Gasteiger partial charge in [0.15, 0.2) is 6.17 Å². The van der Waals surface area contributed by atoms with E-state index in [-0.39, 0.29) is 0 Å². The predicted molar refractivity (Wildman–Crippen MR) is 166 cm³/mol. The van der Waals surface area contributed by atoms with Gasteiger partial charge in [-0.25, -0.2) is 9.98 Å². The Morgan fingerprint density at radius 3 is 1.85 bits per heavy atom. The zero-order valence-corrected chi connectivity index (χ0v) is 22.0. The quantitative estimate of drug-likeness (QED) is 0.250. The number of furan rings is 1. The molecule has 0 saturated carbocycles. The molecule has 5 aromatic carbocycles. The molecule has 1 aliphatic heterocycles. The molecule has 0 saturated heterocycles. The van der Waals surface area contributed by atoms with Gasteiger partial charge in [0, 0.05) is 39.0 Å². The van der Waals surface area contributed by atoms with Crippen LogP contribution in [0.2, 0.25) is 0 Å². The van der Waals surface area contributed by atoms with Crippen molar-refractivity contribution in [2.24, 2.45) is 9.98 Å². The smallest absolute Gasteiger partial charge is 0.170 e. The predicted octanol–water partition coefficient (Wildman–Crippen LogP) is 8.30. The summed E-state index contributed by atoms with van der Waals surface area (Å²) in [5, 5.41) is 6.56. The van der Waals surface area contributed by atoms with Gasteiger partial charge in [-0.15, -0.1) is 0 Å². The van der Waals surface area contributed by atoms with E-state index < -0.39 is 6.17 Å². The number of rotatable bonds is 4. The molecule has 5 nitrogen and oxygen atoms in total. The zero-order chi connectivity index (χ0) is 27.2. The number of aromatic nitrogens is 1. The van der Waals surface area contributed by atoms with Crippen LogP contribution < -0.4 is 5.32 Å². The SMILES string of the molecule is c1ccc(C2=NC(c3cc(-c4ccccc4)cc4oc5cc6cccnc6cc5c34)N=C(c3ccccc3)N2)cc1. The Morgan fingerprint density at radius 2 is 1.20 bits per heavy atom. The molecule has 1 N–H and O–H groups in total. The zero-order valence-electron chi connectivity index (χ0n) is 22.0. The summed E-state index contributed by atoms with van der Waals surface area (Å²) in [6.07, 6.45) is 1.33. The lowest BCUT2D eigenvalue weighted by molar-refractivity contribution is 0.668. The summed E-state index contributed by atoms with van der Waals surface area (Å²) < 4.78 is 6.54. The van der Waals surface area contributed by atoms with Gasteiger partial charge in [0.1, 0.15) is 22.8 Å². The minimum absolute atomic E-state index is 0.493. The molecule has 0 bridgehead atoms. The van der Waals surface area contributed by atoms with Crippen molar-refractivity contribution >= 4 is 44.5 Å². The van der Waals surface area contributed by atoms with Crippen molar-refractivity contribution in [2.75, 3.05) is 0 Å². The standard InChI is InChI=1S/C36H24N4O/c1-4-11-23(12-5-1)27-19-29(33-28-22-30-26(17-10-18-37-30)20-31(28)41-32(33)21-27)36-39-34(24-13-6-2-7-14-24)38-35(40-36)25-15-8-3-9-16-25/h1-22,36H,(H,38,39,40). The summed E-state index contributed by atoms with van der Waals surface area (Å²) in [6, 6.07) is 43.3. The van der Waals surface area contributed by atoms with Crippen LogP contribution >= 0.6 is 0 Å². The van der Waals surface area contributed by atoms with Crippen molar-refractivity contribution in [2.45, 2.75) is 6.17 Å². The fourth-order valence-corrected chi connectivity index (χ4v) is 5.58. The van der Waals surface area contributed by atoms with Gasteiger partial charge in [-0.05, 0) is 41.5 Å². The molecule has 0 spiro atoms. The number of aliphatic imine (C=N–C) groups is 2. The number of benzene rings is 5. The molecule has 0 unspecified atom stereocenters. The van der Waals surface area contributed by atoms with Crippen LogP contribution in [0.3, 0.4) is 0 Å². The third-order valence-electron chi connectivity index (χ3n) is 7.55. The van der Waals surface area contributed by atoms with Crippen LogP contribution in [0.1, 0.15) is 22.9 Å². The fraction of sp³-hybridized carbons (Fsp3) is 0.0278. The van der Waals surface area contributed by atoms with E-state index in [9.17, 15) is 0 Å². The van der Waals surface area contributed by atoms with Gasteiger partial charge in [0.05, 0.1) is 5.52 Å². The number of fused-ring (bicyclic) bond motifs is 4. The molecular formula is C36H24N4O. The monoisotopic (exact) mass is 528 g/mol. The molecule has 1 aliphatic rings. The molecule has 0 radical (unpaired) electrons. The first-order valence-electron chi connectivity index (χ1n) is 13.6. The summed E-state index contributed by atoms with van der Waals surface area (Å²) in [4.78, 5) is 15.0. The Hall–Kier alpha value is -5.55. The topological polar surface area (TPSA) is 62.8 Å². The first-order valence-corrected chi connectivity index (χ1v) is 13.6. The third-order valence-corrected chi connectivity index (χ3v) is 7.55. The van der Waals surface area contributed by atoms with Crippen LogP contribution in [0.5, 0.6) is 0 Å². The van der Waals surface area contributed by atoms with Gasteiger partial charge < -0.3 is 9.73 Å². The Kier molecular flexibility index (Phi) is 5.45. The van der Waals surface area contributed by atoms with Crippen LogP contribution in [0, 0.1) is 0 Å². The number of amidine groups is 2. The van der Waals surface area contributed by atoms with E-state index >= 15 is 0 Å². The van der Waals surface area contributed by atoms with Gasteiger partial charge in [0.2, 0.25) is 0 Å². The Balaban J connectivity index is 1.42. The highest BCUT2D eigenvalue weighted by Gasteiger charge is 2.25. The van der Waals surface area contributed by atoms with Gasteiger partial charge in [-0.1, -0.05) is 97.1 Å². The van der Waals surface area contributed by atoms with E-state index in [4.69, 9.17) is 14.4 Å². The van der Waals surface area contributed by atoms with E-state index in [1.54, 1.807) is 0 Å². The van der Waals surface area contributed by atoms with Gasteiger partial charge in [-0.2, -0.15) is 0 Å². The highest BCUT2D eigenvalue weighted by Crippen LogP contribution is 2.41. The summed E-state index contributed by atoms with van der Waals surface area (Å²) in [5.74, 6) is 1.56. The van der Waals surface area contributed by atoms with Gasteiger partial charge in [-0.3, -0.25) is 4.98 Å². The molecule has 0 fully saturated rings. The first-order chi connectivity index (χ1) is 20.3. The number of nitrogens with one attached hydrogen (secondary N) is 1. The maximum Gasteiger partial charge on any atom is 0.170 e. The van der Waals surface area contributed by atoms with E-state index in [1.807, 2.05) is 54.7 Å². The van der Waals surface area contributed by atoms with Crippen molar-refractivity contribution in [3.63, 3.8) is 0 Å². The van der Waals surface area contributed by atoms with Crippen molar-refractivity contribution in [3.8, 4) is 11.1 Å². The molecule has 0 amide bonds. The van der Waals surface area contributed by atoms with Crippen molar-refractivity contribution in [1.82, 2.24) is 10.3 Å². The van der Waals surface area contributed by atoms with Crippen molar-refractivity contribution in [3.05, 3.63) is 150 Å². The lowest BCUT2D eigenvalue weighted by atomic mass is 9.96. The molecule has 0 atom stereocenters. The van der Waals surface area contributed by atoms with Crippen LogP contribution in [0.4, 0.5) is 0 Å². The second-order valence-corrected chi connectivity index (χ2v) is 10.1. The second-order valence-electron chi connectivity index (χ2n) is 10.1. The summed E-state index contributed by atoms with van der Waals surface area (Å²) in [6.45, 7) is 0. The van der Waals surface area contributed by atoms with E-state index in [1.165, 1.54) is 0 Å². The minimum Gasteiger partial charge on any atom is -0.456 e. The minimum atomic E-state index is -0.493. The molecule has 7 aromatic rings. The maximum atomic E-state index is 6.54. The number of nitrogens with zero attached hydrogens (tertiary/aromatic N) is 3. The van der Waals surface area contributed by atoms with Gasteiger partial charge in [0.25, 0.3) is 0 Å². The molecule has 2 aromatic heterocycles. The van der Waals surface area contributed by atoms with Crippen LogP contribution in [0.25, 0.3) is 44.0 Å². The molecule has 41 heavy (non-hydrogen) atoms. The van der Waals surface area contributed by atoms with Gasteiger partial charge >= 0.3 is 0 Å². The maximum absolute atomic E-state index is 6.54. The normalized spacial score (nSPS) is 13.8. The fourth-order valence-electron chi connectivity index (χ4n) is 5.58. The lowest BCUT2D eigenvalue weighted by Gasteiger charge is -2.23. The molecule has 194 valence electrons. The van der Waals surface area contributed by atoms with Crippen LogP contribution in [-0.4, -0.2) is 16.7 Å². The molecule has 5 heteroatoms. The second kappa shape index (κ2) is 9.57. The highest BCUT2D eigenvalue weighted by atomic mass is 16.3. The average Bonchev–Trinajstić information content (AvgIpc) is 3.41. The van der Waals surface area contributed by atoms with E-state index in [0.29, 0.717) is 0 Å². The van der Waals surface area contributed by atoms with E-state index in [0.717, 1.165) is 72.3 Å². The number of hydrogen-bond acceptors (Lipinski definition) is 5. The summed E-state index contributed by atoms with van der Waals surface area (Å²) >= 11 is 0. The van der Waals surface area contributed by atoms with Crippen LogP contribution in [-0.2, 0) is 0 Å². The lowest BCUT2D eigenvalue weighted by Crippen LogP contribution is -2.36. The van der Waals surface area contributed by atoms with Crippen molar-refractivity contribution < 1.29 is 4.42 Å². The largest absolute Gasteiger partial charge is 0.456 e. The first kappa shape index (κ1) is 23.3. The number of pyridine rings is 1. The summed E-state index contributed by atoms with van der Waals surface area (Å²) in [7, 11) is 0. The Morgan fingerprint density at radius 1 is 0.561 bits per heavy atom. The highest BCUT2D eigenvalue weighted by molar-refractivity contribution is 6.17. The molecule has 8 rings (SSSR count). The molecule has 3 heterocycles. The Labute approximate surface area is 236 Å². The molecule has 0 aliphatic carbocycles. The Bertz CT molecular complexity index is 2060. The van der Waals surface area contributed by atoms with E-state index in [2.05, 4.69) is 89.2 Å². The third kappa shape index (κ3) is 4.15. The average molecular weight is 529 g/mol. The van der Waals surface area contributed by atoms with Crippen LogP contribution in [0.15, 0.2) is 148 Å². The molecular weight excluding hydrogens is 504 g/mol. The van der Waals surface area contributed by atoms with Crippen molar-refractivity contribution in [1.29, 1.82) is 0 Å². The summed E-state index contributed by atoms with van der Waals surface area (Å²) in [5.41, 5.74) is 7.70.